The van der Waals surface area contributed by atoms with Crippen molar-refractivity contribution in [3.8, 4) is 5.75 Å². The molecule has 1 aromatic heterocycles. The van der Waals surface area contributed by atoms with Gasteiger partial charge in [0.25, 0.3) is 0 Å². The largest absolute Gasteiger partial charge is 0.496 e. The highest BCUT2D eigenvalue weighted by Crippen LogP contribution is 2.32. The first-order chi connectivity index (χ1) is 8.56. The molecule has 3 nitrogen and oxygen atoms in total. The molecule has 0 aliphatic rings. The van der Waals surface area contributed by atoms with Crippen LogP contribution < -0.4 is 4.74 Å². The fourth-order valence-electron chi connectivity index (χ4n) is 2.19. The Kier molecular flexibility index (Phi) is 3.43. The minimum absolute atomic E-state index is 0.687. The zero-order chi connectivity index (χ0) is 13.3. The Balaban J connectivity index is 2.47. The molecule has 18 heavy (non-hydrogen) atoms. The molecule has 2 rings (SSSR count). The van der Waals surface area contributed by atoms with Gasteiger partial charge in [-0.1, -0.05) is 18.2 Å². The number of nitrogens with one attached hydrogen (secondary N) is 1. The van der Waals surface area contributed by atoms with Crippen LogP contribution in [0, 0.1) is 20.8 Å². The number of H-pyrrole nitrogens is 1. The van der Waals surface area contributed by atoms with Gasteiger partial charge in [0.15, 0.2) is 0 Å². The molecule has 2 aromatic rings. The van der Waals surface area contributed by atoms with E-state index in [0.29, 0.717) is 5.75 Å². The molecule has 3 heteroatoms. The van der Waals surface area contributed by atoms with Crippen molar-refractivity contribution in [1.82, 2.24) is 4.98 Å². The average Bonchev–Trinajstić information content (AvgIpc) is 2.65. The Hall–Kier alpha value is -1.74. The topological polar surface area (TPSA) is 45.2 Å². The molecule has 2 N–H and O–H groups in total. The molecule has 0 spiro atoms. The van der Waals surface area contributed by atoms with Crippen molar-refractivity contribution in [3.63, 3.8) is 0 Å². The fraction of sp³-hybridized carbons (Fsp3) is 0.333. The van der Waals surface area contributed by atoms with Crippen LogP contribution in [0.4, 0.5) is 0 Å². The van der Waals surface area contributed by atoms with Crippen molar-refractivity contribution in [2.75, 3.05) is 7.11 Å². The monoisotopic (exact) mass is 245 g/mol. The third kappa shape index (κ3) is 2.02. The van der Waals surface area contributed by atoms with Gasteiger partial charge >= 0.3 is 0 Å². The van der Waals surface area contributed by atoms with E-state index in [1.54, 1.807) is 7.11 Å². The molecule has 0 aliphatic carbocycles. The van der Waals surface area contributed by atoms with Gasteiger partial charge in [0.05, 0.1) is 12.8 Å². The third-order valence-corrected chi connectivity index (χ3v) is 3.56. The summed E-state index contributed by atoms with van der Waals surface area (Å²) in [5.74, 6) is 0.703. The van der Waals surface area contributed by atoms with Crippen LogP contribution >= 0.6 is 0 Å². The summed E-state index contributed by atoms with van der Waals surface area (Å²) in [6, 6.07) is 7.54. The van der Waals surface area contributed by atoms with Gasteiger partial charge in [-0.25, -0.2) is 0 Å². The maximum Gasteiger partial charge on any atom is 0.125 e. The molecule has 1 heterocycles. The summed E-state index contributed by atoms with van der Waals surface area (Å²) in [7, 11) is 1.61. The number of hydrogen-bond acceptors (Lipinski definition) is 2. The van der Waals surface area contributed by atoms with E-state index in [0.717, 1.165) is 22.5 Å². The molecular formula is C15H19NO2. The van der Waals surface area contributed by atoms with Gasteiger partial charge in [-0.3, -0.25) is 0 Å². The van der Waals surface area contributed by atoms with Crippen LogP contribution in [0.15, 0.2) is 24.3 Å². The zero-order valence-electron chi connectivity index (χ0n) is 11.2. The fourth-order valence-corrected chi connectivity index (χ4v) is 2.19. The molecule has 1 atom stereocenters. The average molecular weight is 245 g/mol. The van der Waals surface area contributed by atoms with Crippen LogP contribution in [0.25, 0.3) is 0 Å². The number of rotatable bonds is 3. The highest BCUT2D eigenvalue weighted by Gasteiger charge is 2.20. The number of para-hydroxylation sites is 1. The number of methoxy groups -OCH3 is 1. The van der Waals surface area contributed by atoms with E-state index < -0.39 is 6.10 Å². The second-order valence-electron chi connectivity index (χ2n) is 4.56. The van der Waals surface area contributed by atoms with E-state index in [4.69, 9.17) is 4.74 Å². The van der Waals surface area contributed by atoms with E-state index in [9.17, 15) is 5.11 Å². The lowest BCUT2D eigenvalue weighted by molar-refractivity contribution is 0.209. The Labute approximate surface area is 107 Å². The zero-order valence-corrected chi connectivity index (χ0v) is 11.2. The van der Waals surface area contributed by atoms with Crippen molar-refractivity contribution in [1.29, 1.82) is 0 Å². The normalized spacial score (nSPS) is 12.5. The number of ether oxygens (including phenoxy) is 1. The molecule has 0 saturated carbocycles. The van der Waals surface area contributed by atoms with Crippen molar-refractivity contribution in [2.45, 2.75) is 26.9 Å². The standard InChI is InChI=1S/C15H19NO2/c1-9-10(2)14(16-11(9)3)15(17)12-7-5-6-8-13(12)18-4/h5-8,15-17H,1-4H3. The molecule has 0 bridgehead atoms. The van der Waals surface area contributed by atoms with Gasteiger partial charge in [0, 0.05) is 11.3 Å². The van der Waals surface area contributed by atoms with Crippen LogP contribution in [-0.4, -0.2) is 17.2 Å². The van der Waals surface area contributed by atoms with E-state index in [1.807, 2.05) is 38.1 Å². The molecular weight excluding hydrogens is 226 g/mol. The lowest BCUT2D eigenvalue weighted by atomic mass is 10.0. The van der Waals surface area contributed by atoms with Gasteiger partial charge in [-0.15, -0.1) is 0 Å². The molecule has 0 amide bonds. The van der Waals surface area contributed by atoms with Crippen LogP contribution in [0.5, 0.6) is 5.75 Å². The third-order valence-electron chi connectivity index (χ3n) is 3.56. The Bertz CT molecular complexity index is 558. The van der Waals surface area contributed by atoms with Crippen molar-refractivity contribution in [3.05, 3.63) is 52.3 Å². The number of hydrogen-bond donors (Lipinski definition) is 2. The van der Waals surface area contributed by atoms with Gasteiger partial charge in [-0.05, 0) is 38.0 Å². The SMILES string of the molecule is COc1ccccc1C(O)c1[nH]c(C)c(C)c1C. The van der Waals surface area contributed by atoms with E-state index >= 15 is 0 Å². The van der Waals surface area contributed by atoms with Gasteiger partial charge in [0.1, 0.15) is 11.9 Å². The smallest absolute Gasteiger partial charge is 0.125 e. The summed E-state index contributed by atoms with van der Waals surface area (Å²) in [5, 5.41) is 10.5. The lowest BCUT2D eigenvalue weighted by Crippen LogP contribution is -2.04. The van der Waals surface area contributed by atoms with E-state index in [-0.39, 0.29) is 0 Å². The summed E-state index contributed by atoms with van der Waals surface area (Å²) >= 11 is 0. The number of aryl methyl sites for hydroxylation is 1. The number of aromatic amines is 1. The first-order valence-electron chi connectivity index (χ1n) is 6.03. The van der Waals surface area contributed by atoms with E-state index in [2.05, 4.69) is 11.9 Å². The maximum atomic E-state index is 10.5. The van der Waals surface area contributed by atoms with Crippen LogP contribution in [0.1, 0.15) is 34.2 Å². The summed E-state index contributed by atoms with van der Waals surface area (Å²) < 4.78 is 5.29. The number of benzene rings is 1. The maximum absolute atomic E-state index is 10.5. The van der Waals surface area contributed by atoms with Crippen molar-refractivity contribution in [2.24, 2.45) is 0 Å². The minimum atomic E-state index is -0.687. The second kappa shape index (κ2) is 4.86. The second-order valence-corrected chi connectivity index (χ2v) is 4.56. The van der Waals surface area contributed by atoms with Crippen LogP contribution in [0.3, 0.4) is 0 Å². The Morgan fingerprint density at radius 2 is 1.78 bits per heavy atom. The summed E-state index contributed by atoms with van der Waals surface area (Å²) in [5.41, 5.74) is 5.01. The predicted molar refractivity (Wildman–Crippen MR) is 72.1 cm³/mol. The molecule has 0 aliphatic heterocycles. The first-order valence-corrected chi connectivity index (χ1v) is 6.03. The highest BCUT2D eigenvalue weighted by atomic mass is 16.5. The van der Waals surface area contributed by atoms with Gasteiger partial charge in [0.2, 0.25) is 0 Å². The summed E-state index contributed by atoms with van der Waals surface area (Å²) in [6.07, 6.45) is -0.687. The van der Waals surface area contributed by atoms with Crippen molar-refractivity contribution < 1.29 is 9.84 Å². The van der Waals surface area contributed by atoms with Crippen LogP contribution in [0.2, 0.25) is 0 Å². The lowest BCUT2D eigenvalue weighted by Gasteiger charge is -2.14. The van der Waals surface area contributed by atoms with Crippen LogP contribution in [-0.2, 0) is 0 Å². The van der Waals surface area contributed by atoms with Gasteiger partial charge in [-0.2, -0.15) is 0 Å². The van der Waals surface area contributed by atoms with Gasteiger partial charge < -0.3 is 14.8 Å². The summed E-state index contributed by atoms with van der Waals surface area (Å²) in [6.45, 7) is 6.09. The molecule has 0 saturated heterocycles. The number of aliphatic hydroxyl groups is 1. The molecule has 0 fully saturated rings. The summed E-state index contributed by atoms with van der Waals surface area (Å²) in [4.78, 5) is 3.26. The van der Waals surface area contributed by atoms with Crippen molar-refractivity contribution >= 4 is 0 Å². The van der Waals surface area contributed by atoms with E-state index in [1.165, 1.54) is 5.56 Å². The highest BCUT2D eigenvalue weighted by molar-refractivity contribution is 5.43. The number of aromatic nitrogens is 1. The molecule has 0 radical (unpaired) electrons. The molecule has 1 aromatic carbocycles. The Morgan fingerprint density at radius 3 is 2.33 bits per heavy atom. The Morgan fingerprint density at radius 1 is 1.11 bits per heavy atom. The quantitative estimate of drug-likeness (QED) is 0.873. The minimum Gasteiger partial charge on any atom is -0.496 e. The molecule has 1 unspecified atom stereocenters. The number of aliphatic hydroxyl groups excluding tert-OH is 1. The predicted octanol–water partition coefficient (Wildman–Crippen LogP) is 3.03. The molecule has 96 valence electrons. The first kappa shape index (κ1) is 12.7.